The van der Waals surface area contributed by atoms with Gasteiger partial charge in [-0.3, -0.25) is 0 Å². The van der Waals surface area contributed by atoms with E-state index in [0.717, 1.165) is 15.7 Å². The van der Waals surface area contributed by atoms with E-state index >= 15 is 0 Å². The minimum atomic E-state index is -0.189. The van der Waals surface area contributed by atoms with Crippen molar-refractivity contribution < 1.29 is 4.74 Å². The van der Waals surface area contributed by atoms with Crippen LogP contribution in [-0.4, -0.2) is 0 Å². The highest BCUT2D eigenvalue weighted by atomic mass is 127. The van der Waals surface area contributed by atoms with Crippen LogP contribution in [0.25, 0.3) is 0 Å². The predicted octanol–water partition coefficient (Wildman–Crippen LogP) is 6.07. The van der Waals surface area contributed by atoms with Crippen LogP contribution in [0.2, 0.25) is 10.0 Å². The summed E-state index contributed by atoms with van der Waals surface area (Å²) >= 11 is 14.7. The van der Waals surface area contributed by atoms with Crippen molar-refractivity contribution >= 4 is 45.8 Å². The van der Waals surface area contributed by atoms with Gasteiger partial charge in [-0.25, -0.2) is 0 Å². The fourth-order valence-electron chi connectivity index (χ4n) is 1.86. The molecule has 0 amide bonds. The molecule has 0 aromatic heterocycles. The van der Waals surface area contributed by atoms with Crippen LogP contribution in [0, 0.1) is 0 Å². The summed E-state index contributed by atoms with van der Waals surface area (Å²) in [6.07, 6.45) is -0.189. The standard InChI is InChI=1S/C15H13Cl2IO/c1-10(15-13(16)6-3-7-14(15)17)19-12-5-2-4-11(8-12)9-18/h2-8,10H,9H2,1H3/t10-/m1/s1. The molecule has 2 aromatic rings. The van der Waals surface area contributed by atoms with Gasteiger partial charge < -0.3 is 4.74 Å². The Kier molecular flexibility index (Phi) is 5.37. The molecule has 0 aliphatic rings. The van der Waals surface area contributed by atoms with E-state index in [1.807, 2.05) is 43.3 Å². The maximum atomic E-state index is 6.18. The summed E-state index contributed by atoms with van der Waals surface area (Å²) < 4.78 is 6.89. The van der Waals surface area contributed by atoms with E-state index < -0.39 is 0 Å². The van der Waals surface area contributed by atoms with Crippen LogP contribution in [0.15, 0.2) is 42.5 Å². The van der Waals surface area contributed by atoms with Crippen molar-refractivity contribution in [1.29, 1.82) is 0 Å². The van der Waals surface area contributed by atoms with Gasteiger partial charge in [-0.1, -0.05) is 64.0 Å². The number of alkyl halides is 1. The molecule has 2 rings (SSSR count). The van der Waals surface area contributed by atoms with E-state index in [1.54, 1.807) is 0 Å². The molecule has 0 bridgehead atoms. The first kappa shape index (κ1) is 14.9. The molecule has 0 aliphatic carbocycles. The minimum Gasteiger partial charge on any atom is -0.486 e. The molecule has 0 fully saturated rings. The summed E-state index contributed by atoms with van der Waals surface area (Å²) in [6, 6.07) is 13.5. The van der Waals surface area contributed by atoms with Crippen molar-refractivity contribution in [2.24, 2.45) is 0 Å². The van der Waals surface area contributed by atoms with Gasteiger partial charge in [0.05, 0.1) is 0 Å². The van der Waals surface area contributed by atoms with Gasteiger partial charge in [-0.15, -0.1) is 0 Å². The van der Waals surface area contributed by atoms with Gasteiger partial charge in [-0.05, 0) is 36.8 Å². The van der Waals surface area contributed by atoms with E-state index in [4.69, 9.17) is 27.9 Å². The Hall–Kier alpha value is -0.450. The molecule has 0 heterocycles. The van der Waals surface area contributed by atoms with Crippen LogP contribution < -0.4 is 4.74 Å². The molecule has 0 spiro atoms. The Morgan fingerprint density at radius 1 is 1.11 bits per heavy atom. The van der Waals surface area contributed by atoms with Crippen LogP contribution in [0.4, 0.5) is 0 Å². The lowest BCUT2D eigenvalue weighted by Crippen LogP contribution is -2.04. The third-order valence-electron chi connectivity index (χ3n) is 2.77. The van der Waals surface area contributed by atoms with Gasteiger partial charge >= 0.3 is 0 Å². The number of rotatable bonds is 4. The maximum Gasteiger partial charge on any atom is 0.124 e. The lowest BCUT2D eigenvalue weighted by atomic mass is 10.1. The topological polar surface area (TPSA) is 9.23 Å². The molecular formula is C15H13Cl2IO. The summed E-state index contributed by atoms with van der Waals surface area (Å²) in [6.45, 7) is 1.95. The highest BCUT2D eigenvalue weighted by Crippen LogP contribution is 2.33. The highest BCUT2D eigenvalue weighted by molar-refractivity contribution is 14.1. The first-order chi connectivity index (χ1) is 9.11. The molecule has 1 nitrogen and oxygen atoms in total. The minimum absolute atomic E-state index is 0.189. The van der Waals surface area contributed by atoms with Crippen molar-refractivity contribution in [3.63, 3.8) is 0 Å². The van der Waals surface area contributed by atoms with Crippen LogP contribution in [0.5, 0.6) is 5.75 Å². The maximum absolute atomic E-state index is 6.18. The Labute approximate surface area is 137 Å². The Morgan fingerprint density at radius 2 is 1.74 bits per heavy atom. The molecule has 19 heavy (non-hydrogen) atoms. The molecule has 4 heteroatoms. The van der Waals surface area contributed by atoms with Crippen LogP contribution in [0.3, 0.4) is 0 Å². The molecule has 1 atom stereocenters. The van der Waals surface area contributed by atoms with E-state index in [9.17, 15) is 0 Å². The monoisotopic (exact) mass is 406 g/mol. The summed E-state index contributed by atoms with van der Waals surface area (Å²) in [5, 5.41) is 1.26. The molecule has 0 unspecified atom stereocenters. The Balaban J connectivity index is 2.23. The second-order valence-corrected chi connectivity index (χ2v) is 5.75. The summed E-state index contributed by atoms with van der Waals surface area (Å²) in [4.78, 5) is 0. The smallest absolute Gasteiger partial charge is 0.124 e. The largest absolute Gasteiger partial charge is 0.486 e. The molecular weight excluding hydrogens is 394 g/mol. The van der Waals surface area contributed by atoms with E-state index in [0.29, 0.717) is 10.0 Å². The Bertz CT molecular complexity index is 552. The zero-order chi connectivity index (χ0) is 13.8. The third kappa shape index (κ3) is 3.77. The number of hydrogen-bond donors (Lipinski definition) is 0. The van der Waals surface area contributed by atoms with Crippen molar-refractivity contribution in [2.45, 2.75) is 17.5 Å². The van der Waals surface area contributed by atoms with Crippen molar-refractivity contribution in [3.05, 3.63) is 63.6 Å². The van der Waals surface area contributed by atoms with Crippen LogP contribution in [0.1, 0.15) is 24.2 Å². The van der Waals surface area contributed by atoms with Gasteiger partial charge in [0.2, 0.25) is 0 Å². The average Bonchev–Trinajstić information content (AvgIpc) is 2.38. The lowest BCUT2D eigenvalue weighted by molar-refractivity contribution is 0.227. The summed E-state index contributed by atoms with van der Waals surface area (Å²) in [5.41, 5.74) is 2.06. The fourth-order valence-corrected chi connectivity index (χ4v) is 3.04. The number of hydrogen-bond acceptors (Lipinski definition) is 1. The van der Waals surface area contributed by atoms with E-state index in [-0.39, 0.29) is 6.10 Å². The normalized spacial score (nSPS) is 12.2. The molecule has 100 valence electrons. The predicted molar refractivity (Wildman–Crippen MR) is 89.7 cm³/mol. The van der Waals surface area contributed by atoms with Crippen LogP contribution >= 0.6 is 45.8 Å². The second-order valence-electron chi connectivity index (χ2n) is 4.18. The van der Waals surface area contributed by atoms with Gasteiger partial charge in [0, 0.05) is 20.0 Å². The van der Waals surface area contributed by atoms with Crippen molar-refractivity contribution in [1.82, 2.24) is 0 Å². The Morgan fingerprint density at radius 3 is 2.37 bits per heavy atom. The average molecular weight is 407 g/mol. The summed E-state index contributed by atoms with van der Waals surface area (Å²) in [7, 11) is 0. The van der Waals surface area contributed by atoms with Gasteiger partial charge in [0.25, 0.3) is 0 Å². The third-order valence-corrected chi connectivity index (χ3v) is 4.31. The molecule has 0 saturated heterocycles. The quantitative estimate of drug-likeness (QED) is 0.442. The second kappa shape index (κ2) is 6.82. The number of ether oxygens (including phenoxy) is 1. The number of benzene rings is 2. The number of halogens is 3. The molecule has 0 saturated carbocycles. The van der Waals surface area contributed by atoms with E-state index in [2.05, 4.69) is 28.7 Å². The van der Waals surface area contributed by atoms with Crippen molar-refractivity contribution in [2.75, 3.05) is 0 Å². The van der Waals surface area contributed by atoms with Crippen LogP contribution in [-0.2, 0) is 4.43 Å². The first-order valence-electron chi connectivity index (χ1n) is 5.87. The summed E-state index contributed by atoms with van der Waals surface area (Å²) in [5.74, 6) is 0.831. The van der Waals surface area contributed by atoms with Crippen molar-refractivity contribution in [3.8, 4) is 5.75 Å². The SMILES string of the molecule is C[C@@H](Oc1cccc(CI)c1)c1c(Cl)cccc1Cl. The fraction of sp³-hybridized carbons (Fsp3) is 0.200. The molecule has 0 N–H and O–H groups in total. The van der Waals surface area contributed by atoms with Gasteiger partial charge in [0.15, 0.2) is 0 Å². The van der Waals surface area contributed by atoms with E-state index in [1.165, 1.54) is 5.56 Å². The zero-order valence-corrected chi connectivity index (χ0v) is 14.0. The lowest BCUT2D eigenvalue weighted by Gasteiger charge is -2.18. The first-order valence-corrected chi connectivity index (χ1v) is 8.15. The molecule has 0 aliphatic heterocycles. The van der Waals surface area contributed by atoms with Gasteiger partial charge in [0.1, 0.15) is 11.9 Å². The molecule has 0 radical (unpaired) electrons. The molecule has 2 aromatic carbocycles. The van der Waals surface area contributed by atoms with Gasteiger partial charge in [-0.2, -0.15) is 0 Å². The zero-order valence-electron chi connectivity index (χ0n) is 10.4. The highest BCUT2D eigenvalue weighted by Gasteiger charge is 2.15.